The zero-order chi connectivity index (χ0) is 17.0. The van der Waals surface area contributed by atoms with Gasteiger partial charge in [-0.15, -0.1) is 0 Å². The number of carbonyl (C=O) groups is 3. The van der Waals surface area contributed by atoms with E-state index in [2.05, 4.69) is 6.58 Å². The van der Waals surface area contributed by atoms with Crippen molar-refractivity contribution in [3.05, 3.63) is 12.2 Å². The number of ether oxygens (including phenoxy) is 2. The minimum atomic E-state index is -0.442. The Kier molecular flexibility index (Phi) is 11.3. The van der Waals surface area contributed by atoms with Gasteiger partial charge in [0.2, 0.25) is 5.91 Å². The Morgan fingerprint density at radius 3 is 2.41 bits per heavy atom. The van der Waals surface area contributed by atoms with E-state index in [1.807, 2.05) is 6.92 Å². The summed E-state index contributed by atoms with van der Waals surface area (Å²) in [4.78, 5) is 33.6. The van der Waals surface area contributed by atoms with Crippen LogP contribution in [0.25, 0.3) is 0 Å². The SMILES string of the molecule is C=C(C)C(=O)OCCCOC(=O)CCSCC(CC)C(N)=O. The molecule has 0 saturated carbocycles. The van der Waals surface area contributed by atoms with Crippen LogP contribution >= 0.6 is 11.8 Å². The van der Waals surface area contributed by atoms with Crippen LogP contribution in [0.5, 0.6) is 0 Å². The molecular formula is C15H25NO5S. The number of hydrogen-bond acceptors (Lipinski definition) is 6. The minimum Gasteiger partial charge on any atom is -0.466 e. The molecule has 1 unspecified atom stereocenters. The molecule has 0 rings (SSSR count). The molecular weight excluding hydrogens is 306 g/mol. The Morgan fingerprint density at radius 1 is 1.23 bits per heavy atom. The predicted molar refractivity (Wildman–Crippen MR) is 86.3 cm³/mol. The first-order valence-corrected chi connectivity index (χ1v) is 8.39. The van der Waals surface area contributed by atoms with E-state index < -0.39 is 5.97 Å². The number of rotatable bonds is 12. The Labute approximate surface area is 135 Å². The molecule has 0 saturated heterocycles. The third-order valence-electron chi connectivity index (χ3n) is 2.80. The first kappa shape index (κ1) is 20.5. The van der Waals surface area contributed by atoms with E-state index in [0.29, 0.717) is 29.9 Å². The van der Waals surface area contributed by atoms with E-state index in [1.165, 1.54) is 11.8 Å². The summed E-state index contributed by atoms with van der Waals surface area (Å²) in [5, 5.41) is 0. The fourth-order valence-electron chi connectivity index (χ4n) is 1.39. The van der Waals surface area contributed by atoms with E-state index in [9.17, 15) is 14.4 Å². The summed E-state index contributed by atoms with van der Waals surface area (Å²) in [6.07, 6.45) is 1.44. The fraction of sp³-hybridized carbons (Fsp3) is 0.667. The van der Waals surface area contributed by atoms with Gasteiger partial charge in [0.05, 0.1) is 19.6 Å². The second-order valence-electron chi connectivity index (χ2n) is 4.82. The highest BCUT2D eigenvalue weighted by molar-refractivity contribution is 7.99. The van der Waals surface area contributed by atoms with Crippen molar-refractivity contribution in [1.82, 2.24) is 0 Å². The molecule has 0 fully saturated rings. The zero-order valence-corrected chi connectivity index (χ0v) is 14.1. The Balaban J connectivity index is 3.57. The first-order valence-electron chi connectivity index (χ1n) is 7.23. The maximum absolute atomic E-state index is 11.4. The van der Waals surface area contributed by atoms with Crippen LogP contribution in [0.3, 0.4) is 0 Å². The Hall–Kier alpha value is -1.50. The largest absolute Gasteiger partial charge is 0.466 e. The molecule has 0 aliphatic carbocycles. The van der Waals surface area contributed by atoms with Crippen molar-refractivity contribution in [3.63, 3.8) is 0 Å². The summed E-state index contributed by atoms with van der Waals surface area (Å²) in [7, 11) is 0. The quantitative estimate of drug-likeness (QED) is 0.332. The second-order valence-corrected chi connectivity index (χ2v) is 5.97. The van der Waals surface area contributed by atoms with Crippen molar-refractivity contribution in [2.45, 2.75) is 33.1 Å². The molecule has 1 amide bonds. The molecule has 2 N–H and O–H groups in total. The lowest BCUT2D eigenvalue weighted by atomic mass is 10.1. The number of thioether (sulfide) groups is 1. The minimum absolute atomic E-state index is 0.149. The summed E-state index contributed by atoms with van der Waals surface area (Å²) < 4.78 is 9.87. The summed E-state index contributed by atoms with van der Waals surface area (Å²) in [6, 6.07) is 0. The number of primary amides is 1. The molecule has 0 heterocycles. The smallest absolute Gasteiger partial charge is 0.333 e. The van der Waals surface area contributed by atoms with Crippen LogP contribution < -0.4 is 5.73 Å². The van der Waals surface area contributed by atoms with E-state index in [-0.39, 0.29) is 37.4 Å². The van der Waals surface area contributed by atoms with Gasteiger partial charge in [0.25, 0.3) is 0 Å². The van der Waals surface area contributed by atoms with Crippen molar-refractivity contribution in [2.75, 3.05) is 24.7 Å². The van der Waals surface area contributed by atoms with Crippen LogP contribution in [0, 0.1) is 5.92 Å². The maximum Gasteiger partial charge on any atom is 0.333 e. The lowest BCUT2D eigenvalue weighted by Gasteiger charge is -2.10. The van der Waals surface area contributed by atoms with Crippen molar-refractivity contribution < 1.29 is 23.9 Å². The van der Waals surface area contributed by atoms with E-state index in [1.54, 1.807) is 6.92 Å². The van der Waals surface area contributed by atoms with Gasteiger partial charge in [-0.05, 0) is 13.3 Å². The van der Waals surface area contributed by atoms with Gasteiger partial charge >= 0.3 is 11.9 Å². The van der Waals surface area contributed by atoms with Crippen LogP contribution in [0.2, 0.25) is 0 Å². The van der Waals surface area contributed by atoms with Gasteiger partial charge in [0, 0.05) is 29.4 Å². The van der Waals surface area contributed by atoms with Gasteiger partial charge < -0.3 is 15.2 Å². The van der Waals surface area contributed by atoms with Gasteiger partial charge in [-0.3, -0.25) is 9.59 Å². The number of nitrogens with two attached hydrogens (primary N) is 1. The molecule has 6 nitrogen and oxygen atoms in total. The first-order chi connectivity index (χ1) is 10.4. The van der Waals surface area contributed by atoms with Gasteiger partial charge in [-0.2, -0.15) is 11.8 Å². The average molecular weight is 331 g/mol. The molecule has 0 aromatic rings. The molecule has 0 aromatic heterocycles. The number of esters is 2. The van der Waals surface area contributed by atoms with E-state index in [0.717, 1.165) is 0 Å². The molecule has 0 spiro atoms. The van der Waals surface area contributed by atoms with Crippen molar-refractivity contribution >= 4 is 29.6 Å². The maximum atomic E-state index is 11.4. The number of hydrogen-bond donors (Lipinski definition) is 1. The van der Waals surface area contributed by atoms with Crippen LogP contribution in [0.1, 0.15) is 33.1 Å². The third kappa shape index (κ3) is 10.3. The lowest BCUT2D eigenvalue weighted by Crippen LogP contribution is -2.24. The van der Waals surface area contributed by atoms with E-state index >= 15 is 0 Å². The molecule has 0 bridgehead atoms. The highest BCUT2D eigenvalue weighted by Crippen LogP contribution is 2.13. The summed E-state index contributed by atoms with van der Waals surface area (Å²) >= 11 is 1.51. The van der Waals surface area contributed by atoms with Crippen LogP contribution in [0.4, 0.5) is 0 Å². The predicted octanol–water partition coefficient (Wildman–Crippen LogP) is 1.67. The topological polar surface area (TPSA) is 95.7 Å². The van der Waals surface area contributed by atoms with Gasteiger partial charge in [-0.25, -0.2) is 4.79 Å². The summed E-state index contributed by atoms with van der Waals surface area (Å²) in [5.41, 5.74) is 5.58. The van der Waals surface area contributed by atoms with Gasteiger partial charge in [-0.1, -0.05) is 13.5 Å². The average Bonchev–Trinajstić information content (AvgIpc) is 2.46. The van der Waals surface area contributed by atoms with Crippen molar-refractivity contribution in [3.8, 4) is 0 Å². The molecule has 0 aliphatic heterocycles. The van der Waals surface area contributed by atoms with Crippen LogP contribution in [-0.4, -0.2) is 42.6 Å². The number of amides is 1. The Bertz CT molecular complexity index is 397. The second kappa shape index (κ2) is 12.1. The standard InChI is InChI=1S/C15H25NO5S/c1-4-12(14(16)18)10-22-9-6-13(17)20-7-5-8-21-15(19)11(2)3/h12H,2,4-10H2,1,3H3,(H2,16,18). The molecule has 0 radical (unpaired) electrons. The molecule has 22 heavy (non-hydrogen) atoms. The highest BCUT2D eigenvalue weighted by Gasteiger charge is 2.13. The number of carbonyl (C=O) groups excluding carboxylic acids is 3. The Morgan fingerprint density at radius 2 is 1.86 bits per heavy atom. The molecule has 0 aromatic carbocycles. The van der Waals surface area contributed by atoms with Crippen molar-refractivity contribution in [1.29, 1.82) is 0 Å². The van der Waals surface area contributed by atoms with Crippen LogP contribution in [0.15, 0.2) is 12.2 Å². The van der Waals surface area contributed by atoms with E-state index in [4.69, 9.17) is 15.2 Å². The monoisotopic (exact) mass is 331 g/mol. The summed E-state index contributed by atoms with van der Waals surface area (Å²) in [6.45, 7) is 7.35. The van der Waals surface area contributed by atoms with Gasteiger partial charge in [0.15, 0.2) is 0 Å². The van der Waals surface area contributed by atoms with Gasteiger partial charge in [0.1, 0.15) is 0 Å². The molecule has 126 valence electrons. The molecule has 0 aliphatic rings. The third-order valence-corrected chi connectivity index (χ3v) is 3.93. The van der Waals surface area contributed by atoms with Crippen molar-refractivity contribution in [2.24, 2.45) is 11.7 Å². The molecule has 7 heteroatoms. The fourth-order valence-corrected chi connectivity index (χ4v) is 2.55. The highest BCUT2D eigenvalue weighted by atomic mass is 32.2. The summed E-state index contributed by atoms with van der Waals surface area (Å²) in [5.74, 6) is 0.0165. The lowest BCUT2D eigenvalue weighted by molar-refractivity contribution is -0.144. The molecule has 1 atom stereocenters. The van der Waals surface area contributed by atoms with Crippen LogP contribution in [-0.2, 0) is 23.9 Å². The normalized spacial score (nSPS) is 11.5. The zero-order valence-electron chi connectivity index (χ0n) is 13.3.